The van der Waals surface area contributed by atoms with Gasteiger partial charge < -0.3 is 10.6 Å². The number of nitrogens with zero attached hydrogens (tertiary/aromatic N) is 2. The molecule has 1 aromatic carbocycles. The van der Waals surface area contributed by atoms with Crippen molar-refractivity contribution >= 4 is 17.5 Å². The second-order valence-corrected chi connectivity index (χ2v) is 6.42. The van der Waals surface area contributed by atoms with Gasteiger partial charge in [0.2, 0.25) is 0 Å². The summed E-state index contributed by atoms with van der Waals surface area (Å²) in [5.74, 6) is -0.400. The molecule has 0 aliphatic carbocycles. The highest BCUT2D eigenvalue weighted by Gasteiger charge is 2.41. The second-order valence-electron chi connectivity index (χ2n) is 6.42. The van der Waals surface area contributed by atoms with E-state index in [1.54, 1.807) is 6.07 Å². The number of piperidine rings is 1. The van der Waals surface area contributed by atoms with Crippen LogP contribution in [0.5, 0.6) is 0 Å². The van der Waals surface area contributed by atoms with Gasteiger partial charge in [0, 0.05) is 30.9 Å². The fraction of sp³-hybridized carbons (Fsp3) is 0.500. The molecule has 5 nitrogen and oxygen atoms in total. The van der Waals surface area contributed by atoms with Crippen molar-refractivity contribution in [2.75, 3.05) is 11.9 Å². The Balaban J connectivity index is 1.73. The molecule has 2 saturated heterocycles. The van der Waals surface area contributed by atoms with Crippen molar-refractivity contribution in [3.63, 3.8) is 0 Å². The molecule has 2 fully saturated rings. The SMILES string of the molecule is CN1C(=O)c2ccc(N3C4CCC3CC(N)C4)cc2C1=O. The highest BCUT2D eigenvalue weighted by molar-refractivity contribution is 6.21. The zero-order valence-corrected chi connectivity index (χ0v) is 12.1. The molecule has 0 aromatic heterocycles. The van der Waals surface area contributed by atoms with Crippen molar-refractivity contribution in [3.8, 4) is 0 Å². The first kappa shape index (κ1) is 12.8. The molecule has 2 unspecified atom stereocenters. The minimum atomic E-state index is -0.204. The Morgan fingerprint density at radius 2 is 1.67 bits per heavy atom. The summed E-state index contributed by atoms with van der Waals surface area (Å²) in [5.41, 5.74) is 8.23. The molecule has 110 valence electrons. The normalized spacial score (nSPS) is 31.0. The predicted octanol–water partition coefficient (Wildman–Crippen LogP) is 1.37. The molecule has 5 heteroatoms. The third-order valence-electron chi connectivity index (χ3n) is 5.14. The minimum absolute atomic E-state index is 0.196. The molecule has 3 aliphatic heterocycles. The average Bonchev–Trinajstić information content (AvgIpc) is 2.86. The number of nitrogens with two attached hydrogens (primary N) is 1. The van der Waals surface area contributed by atoms with E-state index in [2.05, 4.69) is 4.90 Å². The summed E-state index contributed by atoms with van der Waals surface area (Å²) in [6, 6.07) is 6.90. The van der Waals surface area contributed by atoms with Gasteiger partial charge in [-0.05, 0) is 43.9 Å². The maximum absolute atomic E-state index is 12.1. The lowest BCUT2D eigenvalue weighted by molar-refractivity contribution is 0.0693. The highest BCUT2D eigenvalue weighted by atomic mass is 16.2. The van der Waals surface area contributed by atoms with Crippen molar-refractivity contribution in [2.24, 2.45) is 5.73 Å². The molecule has 3 aliphatic rings. The zero-order chi connectivity index (χ0) is 14.7. The summed E-state index contributed by atoms with van der Waals surface area (Å²) in [6.45, 7) is 0. The number of benzene rings is 1. The number of hydrogen-bond acceptors (Lipinski definition) is 4. The fourth-order valence-electron chi connectivity index (χ4n) is 4.15. The van der Waals surface area contributed by atoms with Crippen molar-refractivity contribution in [3.05, 3.63) is 29.3 Å². The van der Waals surface area contributed by atoms with Gasteiger partial charge in [0.15, 0.2) is 0 Å². The molecule has 2 bridgehead atoms. The topological polar surface area (TPSA) is 66.6 Å². The summed E-state index contributed by atoms with van der Waals surface area (Å²) in [7, 11) is 1.54. The molecular formula is C16H19N3O2. The van der Waals surface area contributed by atoms with Crippen molar-refractivity contribution < 1.29 is 9.59 Å². The van der Waals surface area contributed by atoms with Gasteiger partial charge in [-0.3, -0.25) is 14.5 Å². The Kier molecular flexibility index (Phi) is 2.63. The van der Waals surface area contributed by atoms with Crippen LogP contribution in [0.3, 0.4) is 0 Å². The van der Waals surface area contributed by atoms with Crippen LogP contribution in [0.25, 0.3) is 0 Å². The van der Waals surface area contributed by atoms with Gasteiger partial charge in [-0.2, -0.15) is 0 Å². The molecule has 0 saturated carbocycles. The lowest BCUT2D eigenvalue weighted by Gasteiger charge is -2.39. The molecule has 4 rings (SSSR count). The number of anilines is 1. The quantitative estimate of drug-likeness (QED) is 0.791. The van der Waals surface area contributed by atoms with E-state index in [1.165, 1.54) is 24.8 Å². The fourth-order valence-corrected chi connectivity index (χ4v) is 4.15. The molecule has 2 atom stereocenters. The summed E-state index contributed by atoms with van der Waals surface area (Å²) in [4.78, 5) is 27.7. The van der Waals surface area contributed by atoms with E-state index in [-0.39, 0.29) is 11.8 Å². The molecule has 3 heterocycles. The van der Waals surface area contributed by atoms with Crippen LogP contribution in [0.15, 0.2) is 18.2 Å². The van der Waals surface area contributed by atoms with Gasteiger partial charge in [0.25, 0.3) is 11.8 Å². The Morgan fingerprint density at radius 3 is 2.33 bits per heavy atom. The first-order valence-electron chi connectivity index (χ1n) is 7.56. The summed E-state index contributed by atoms with van der Waals surface area (Å²) < 4.78 is 0. The standard InChI is InChI=1S/C16H19N3O2/c1-18-15(20)13-5-4-12(8-14(13)16(18)21)19-10-2-3-11(19)7-9(17)6-10/h4-5,8-11H,2-3,6-7,17H2,1H3. The van der Waals surface area contributed by atoms with E-state index in [4.69, 9.17) is 5.73 Å². The van der Waals surface area contributed by atoms with Gasteiger partial charge >= 0.3 is 0 Å². The van der Waals surface area contributed by atoms with Gasteiger partial charge in [-0.15, -0.1) is 0 Å². The minimum Gasteiger partial charge on any atom is -0.365 e. The molecule has 1 aromatic rings. The number of carbonyl (C=O) groups excluding carboxylic acids is 2. The maximum atomic E-state index is 12.1. The van der Waals surface area contributed by atoms with E-state index in [0.29, 0.717) is 29.3 Å². The molecular weight excluding hydrogens is 266 g/mol. The molecule has 0 spiro atoms. The Labute approximate surface area is 123 Å². The summed E-state index contributed by atoms with van der Waals surface area (Å²) in [6.07, 6.45) is 4.37. The van der Waals surface area contributed by atoms with E-state index < -0.39 is 0 Å². The van der Waals surface area contributed by atoms with E-state index in [0.717, 1.165) is 18.5 Å². The van der Waals surface area contributed by atoms with Gasteiger partial charge in [-0.1, -0.05) is 0 Å². The average molecular weight is 285 g/mol. The Bertz CT molecular complexity index is 628. The highest BCUT2D eigenvalue weighted by Crippen LogP contribution is 2.40. The van der Waals surface area contributed by atoms with Crippen LogP contribution in [0.1, 0.15) is 46.4 Å². The van der Waals surface area contributed by atoms with Crippen LogP contribution in [0.2, 0.25) is 0 Å². The van der Waals surface area contributed by atoms with Crippen LogP contribution in [-0.4, -0.2) is 41.9 Å². The first-order valence-corrected chi connectivity index (χ1v) is 7.56. The van der Waals surface area contributed by atoms with Crippen LogP contribution >= 0.6 is 0 Å². The number of fused-ring (bicyclic) bond motifs is 3. The van der Waals surface area contributed by atoms with Crippen LogP contribution in [0.4, 0.5) is 5.69 Å². The number of hydrogen-bond donors (Lipinski definition) is 1. The first-order chi connectivity index (χ1) is 10.1. The van der Waals surface area contributed by atoms with Crippen LogP contribution in [-0.2, 0) is 0 Å². The molecule has 21 heavy (non-hydrogen) atoms. The van der Waals surface area contributed by atoms with Gasteiger partial charge in [0.1, 0.15) is 0 Å². The number of rotatable bonds is 1. The maximum Gasteiger partial charge on any atom is 0.261 e. The van der Waals surface area contributed by atoms with Crippen LogP contribution in [0, 0.1) is 0 Å². The third-order valence-corrected chi connectivity index (χ3v) is 5.14. The van der Waals surface area contributed by atoms with Crippen LogP contribution < -0.4 is 10.6 Å². The largest absolute Gasteiger partial charge is 0.365 e. The van der Waals surface area contributed by atoms with Crippen molar-refractivity contribution in [1.82, 2.24) is 4.90 Å². The lowest BCUT2D eigenvalue weighted by Crippen LogP contribution is -2.47. The van der Waals surface area contributed by atoms with Gasteiger partial charge in [-0.25, -0.2) is 0 Å². The Morgan fingerprint density at radius 1 is 1.05 bits per heavy atom. The third kappa shape index (κ3) is 1.73. The van der Waals surface area contributed by atoms with E-state index >= 15 is 0 Å². The van der Waals surface area contributed by atoms with E-state index in [1.807, 2.05) is 12.1 Å². The zero-order valence-electron chi connectivity index (χ0n) is 12.1. The number of imide groups is 1. The smallest absolute Gasteiger partial charge is 0.261 e. The van der Waals surface area contributed by atoms with Crippen molar-refractivity contribution in [2.45, 2.75) is 43.8 Å². The second kappa shape index (κ2) is 4.31. The van der Waals surface area contributed by atoms with Gasteiger partial charge in [0.05, 0.1) is 11.1 Å². The monoisotopic (exact) mass is 285 g/mol. The summed E-state index contributed by atoms with van der Waals surface area (Å²) in [5, 5.41) is 0. The number of carbonyl (C=O) groups is 2. The Hall–Kier alpha value is -1.88. The molecule has 0 radical (unpaired) electrons. The molecule has 2 N–H and O–H groups in total. The number of amides is 2. The predicted molar refractivity (Wildman–Crippen MR) is 79.4 cm³/mol. The molecule has 2 amide bonds. The van der Waals surface area contributed by atoms with Crippen molar-refractivity contribution in [1.29, 1.82) is 0 Å². The lowest BCUT2D eigenvalue weighted by atomic mass is 9.96. The van der Waals surface area contributed by atoms with E-state index in [9.17, 15) is 9.59 Å². The summed E-state index contributed by atoms with van der Waals surface area (Å²) >= 11 is 0.